The van der Waals surface area contributed by atoms with E-state index in [9.17, 15) is 0 Å². The van der Waals surface area contributed by atoms with Crippen molar-refractivity contribution in [2.24, 2.45) is 7.05 Å². The predicted octanol–water partition coefficient (Wildman–Crippen LogP) is 1.45. The molecule has 1 aromatic rings. The molecule has 60 valence electrons. The fraction of sp³-hybridized carbons (Fsp3) is 0.556. The third-order valence-electron chi connectivity index (χ3n) is 2.32. The molecule has 1 saturated heterocycles. The molecule has 1 unspecified atom stereocenters. The van der Waals surface area contributed by atoms with Gasteiger partial charge in [-0.05, 0) is 31.0 Å². The summed E-state index contributed by atoms with van der Waals surface area (Å²) in [6.07, 6.45) is 6.92. The molecular weight excluding hydrogens is 136 g/mol. The molecule has 0 spiro atoms. The molecule has 2 heterocycles. The summed E-state index contributed by atoms with van der Waals surface area (Å²) in [6, 6.07) is 2.82. The van der Waals surface area contributed by atoms with E-state index in [2.05, 4.69) is 35.4 Å². The molecule has 0 aromatic carbocycles. The van der Waals surface area contributed by atoms with Gasteiger partial charge in [-0.2, -0.15) is 0 Å². The van der Waals surface area contributed by atoms with Crippen molar-refractivity contribution in [2.75, 3.05) is 6.54 Å². The molecule has 2 heteroatoms. The maximum atomic E-state index is 3.47. The lowest BCUT2D eigenvalue weighted by atomic mass is 10.1. The highest BCUT2D eigenvalue weighted by Crippen LogP contribution is 2.22. The molecule has 0 amide bonds. The van der Waals surface area contributed by atoms with Gasteiger partial charge in [0.25, 0.3) is 0 Å². The molecule has 0 saturated carbocycles. The molecule has 1 aliphatic heterocycles. The van der Waals surface area contributed by atoms with Gasteiger partial charge in [-0.25, -0.2) is 0 Å². The maximum absolute atomic E-state index is 3.47. The largest absolute Gasteiger partial charge is 0.357 e. The van der Waals surface area contributed by atoms with E-state index in [1.165, 1.54) is 24.9 Å². The van der Waals surface area contributed by atoms with Crippen molar-refractivity contribution in [1.82, 2.24) is 9.88 Å². The molecule has 11 heavy (non-hydrogen) atoms. The van der Waals surface area contributed by atoms with Gasteiger partial charge in [0.1, 0.15) is 0 Å². The minimum Gasteiger partial charge on any atom is -0.357 e. The first-order valence-corrected chi connectivity index (χ1v) is 4.21. The van der Waals surface area contributed by atoms with Crippen LogP contribution in [0, 0.1) is 0 Å². The first-order chi connectivity index (χ1) is 5.36. The maximum Gasteiger partial charge on any atom is 0.0335 e. The van der Waals surface area contributed by atoms with Gasteiger partial charge >= 0.3 is 0 Å². The number of aromatic nitrogens is 1. The Kier molecular flexibility index (Phi) is 1.70. The van der Waals surface area contributed by atoms with Crippen LogP contribution in [-0.2, 0) is 7.05 Å². The van der Waals surface area contributed by atoms with Gasteiger partial charge in [-0.1, -0.05) is 0 Å². The van der Waals surface area contributed by atoms with Crippen molar-refractivity contribution >= 4 is 0 Å². The van der Waals surface area contributed by atoms with Gasteiger partial charge in [0.2, 0.25) is 0 Å². The molecular formula is C9H14N2. The molecule has 1 aromatic heterocycles. The van der Waals surface area contributed by atoms with Crippen molar-refractivity contribution < 1.29 is 0 Å². The summed E-state index contributed by atoms with van der Waals surface area (Å²) in [5.74, 6) is 0. The Labute approximate surface area is 67.2 Å². The zero-order chi connectivity index (χ0) is 7.68. The van der Waals surface area contributed by atoms with Crippen LogP contribution in [0.15, 0.2) is 18.5 Å². The molecule has 0 aliphatic carbocycles. The average molecular weight is 150 g/mol. The summed E-state index contributed by atoms with van der Waals surface area (Å²) in [6.45, 7) is 1.18. The second-order valence-corrected chi connectivity index (χ2v) is 3.26. The molecule has 0 bridgehead atoms. The fourth-order valence-electron chi connectivity index (χ4n) is 1.70. The molecule has 1 N–H and O–H groups in total. The summed E-state index contributed by atoms with van der Waals surface area (Å²) in [4.78, 5) is 0. The van der Waals surface area contributed by atoms with Gasteiger partial charge in [-0.15, -0.1) is 0 Å². The van der Waals surface area contributed by atoms with Crippen LogP contribution in [0.4, 0.5) is 0 Å². The van der Waals surface area contributed by atoms with E-state index >= 15 is 0 Å². The van der Waals surface area contributed by atoms with Crippen molar-refractivity contribution in [1.29, 1.82) is 0 Å². The number of aryl methyl sites for hydroxylation is 1. The highest BCUT2D eigenvalue weighted by molar-refractivity contribution is 5.16. The van der Waals surface area contributed by atoms with Crippen LogP contribution in [0.2, 0.25) is 0 Å². The summed E-state index contributed by atoms with van der Waals surface area (Å²) >= 11 is 0. The predicted molar refractivity (Wildman–Crippen MR) is 45.4 cm³/mol. The average Bonchev–Trinajstić information content (AvgIpc) is 2.55. The Morgan fingerprint density at radius 1 is 1.64 bits per heavy atom. The molecule has 1 aliphatic rings. The van der Waals surface area contributed by atoms with E-state index in [1.54, 1.807) is 0 Å². The fourth-order valence-corrected chi connectivity index (χ4v) is 1.70. The Morgan fingerprint density at radius 3 is 3.09 bits per heavy atom. The normalized spacial score (nSPS) is 24.3. The highest BCUT2D eigenvalue weighted by atomic mass is 15.0. The molecule has 1 atom stereocenters. The summed E-state index contributed by atoms with van der Waals surface area (Å²) < 4.78 is 2.11. The van der Waals surface area contributed by atoms with E-state index in [-0.39, 0.29) is 0 Å². The van der Waals surface area contributed by atoms with Crippen molar-refractivity contribution in [2.45, 2.75) is 18.9 Å². The van der Waals surface area contributed by atoms with Crippen LogP contribution in [0.25, 0.3) is 0 Å². The number of nitrogens with one attached hydrogen (secondary N) is 1. The van der Waals surface area contributed by atoms with Gasteiger partial charge in [-0.3, -0.25) is 0 Å². The number of hydrogen-bond donors (Lipinski definition) is 1. The lowest BCUT2D eigenvalue weighted by Gasteiger charge is -2.05. The standard InChI is InChI=1S/C9H14N2/c1-11-6-4-8(7-11)9-3-2-5-10-9/h4,6-7,9-10H,2-3,5H2,1H3. The summed E-state index contributed by atoms with van der Waals surface area (Å²) in [5.41, 5.74) is 1.44. The van der Waals surface area contributed by atoms with Crippen LogP contribution in [0.3, 0.4) is 0 Å². The molecule has 1 fully saturated rings. The van der Waals surface area contributed by atoms with Gasteiger partial charge in [0.15, 0.2) is 0 Å². The SMILES string of the molecule is Cn1ccc(C2CCCN2)c1. The minimum absolute atomic E-state index is 0.621. The van der Waals surface area contributed by atoms with E-state index in [0.29, 0.717) is 6.04 Å². The Bertz CT molecular complexity index is 233. The van der Waals surface area contributed by atoms with Crippen molar-refractivity contribution in [3.63, 3.8) is 0 Å². The first-order valence-electron chi connectivity index (χ1n) is 4.21. The monoisotopic (exact) mass is 150 g/mol. The van der Waals surface area contributed by atoms with Crippen LogP contribution in [0.1, 0.15) is 24.4 Å². The van der Waals surface area contributed by atoms with Crippen molar-refractivity contribution in [3.05, 3.63) is 24.0 Å². The van der Waals surface area contributed by atoms with E-state index in [0.717, 1.165) is 0 Å². The third-order valence-corrected chi connectivity index (χ3v) is 2.32. The number of rotatable bonds is 1. The highest BCUT2D eigenvalue weighted by Gasteiger charge is 2.15. The molecule has 2 nitrogen and oxygen atoms in total. The van der Waals surface area contributed by atoms with E-state index in [1.807, 2.05) is 0 Å². The summed E-state index contributed by atoms with van der Waals surface area (Å²) in [7, 11) is 2.07. The van der Waals surface area contributed by atoms with Gasteiger partial charge in [0, 0.05) is 25.5 Å². The van der Waals surface area contributed by atoms with Crippen LogP contribution in [0.5, 0.6) is 0 Å². The quantitative estimate of drug-likeness (QED) is 0.641. The Balaban J connectivity index is 2.15. The Morgan fingerprint density at radius 2 is 2.55 bits per heavy atom. The van der Waals surface area contributed by atoms with Gasteiger partial charge in [0.05, 0.1) is 0 Å². The Hall–Kier alpha value is -0.760. The molecule has 0 radical (unpaired) electrons. The lowest BCUT2D eigenvalue weighted by Crippen LogP contribution is -2.11. The minimum atomic E-state index is 0.621. The summed E-state index contributed by atoms with van der Waals surface area (Å²) in [5, 5.41) is 3.47. The number of nitrogens with zero attached hydrogens (tertiary/aromatic N) is 1. The van der Waals surface area contributed by atoms with Gasteiger partial charge < -0.3 is 9.88 Å². The smallest absolute Gasteiger partial charge is 0.0335 e. The van der Waals surface area contributed by atoms with Crippen molar-refractivity contribution in [3.8, 4) is 0 Å². The lowest BCUT2D eigenvalue weighted by molar-refractivity contribution is 0.646. The third kappa shape index (κ3) is 1.31. The van der Waals surface area contributed by atoms with E-state index < -0.39 is 0 Å². The zero-order valence-corrected chi connectivity index (χ0v) is 6.88. The number of hydrogen-bond acceptors (Lipinski definition) is 1. The van der Waals surface area contributed by atoms with E-state index in [4.69, 9.17) is 0 Å². The van der Waals surface area contributed by atoms with Crippen LogP contribution < -0.4 is 5.32 Å². The van der Waals surface area contributed by atoms with Crippen LogP contribution >= 0.6 is 0 Å². The molecule has 2 rings (SSSR count). The topological polar surface area (TPSA) is 17.0 Å². The zero-order valence-electron chi connectivity index (χ0n) is 6.88. The second-order valence-electron chi connectivity index (χ2n) is 3.26. The second kappa shape index (κ2) is 2.70. The van der Waals surface area contributed by atoms with Crippen LogP contribution in [-0.4, -0.2) is 11.1 Å². The first kappa shape index (κ1) is 6.92.